The topological polar surface area (TPSA) is 29.5 Å². The highest BCUT2D eigenvalue weighted by molar-refractivity contribution is 5.69. The molecular formula is C20H27NO2. The summed E-state index contributed by atoms with van der Waals surface area (Å²) < 4.78 is 5.45. The van der Waals surface area contributed by atoms with E-state index < -0.39 is 5.60 Å². The van der Waals surface area contributed by atoms with Crippen LogP contribution in [0.25, 0.3) is 6.08 Å². The summed E-state index contributed by atoms with van der Waals surface area (Å²) in [5.74, 6) is 0. The highest BCUT2D eigenvalue weighted by Gasteiger charge is 2.49. The van der Waals surface area contributed by atoms with Crippen LogP contribution >= 0.6 is 0 Å². The van der Waals surface area contributed by atoms with Crippen molar-refractivity contribution < 1.29 is 9.53 Å². The molecule has 3 nitrogen and oxygen atoms in total. The number of hydrogen-bond donors (Lipinski definition) is 0. The lowest BCUT2D eigenvalue weighted by Crippen LogP contribution is -2.58. The Labute approximate surface area is 139 Å². The molecule has 2 fully saturated rings. The van der Waals surface area contributed by atoms with Crippen molar-refractivity contribution in [1.29, 1.82) is 0 Å². The minimum absolute atomic E-state index is 0.167. The number of hydrogen-bond acceptors (Lipinski definition) is 2. The summed E-state index contributed by atoms with van der Waals surface area (Å²) >= 11 is 0. The molecule has 1 aromatic carbocycles. The van der Waals surface area contributed by atoms with Gasteiger partial charge in [0.05, 0.1) is 0 Å². The summed E-state index contributed by atoms with van der Waals surface area (Å²) in [5, 5.41) is 0. The van der Waals surface area contributed by atoms with Crippen LogP contribution in [-0.4, -0.2) is 29.7 Å². The van der Waals surface area contributed by atoms with Gasteiger partial charge in [0.25, 0.3) is 0 Å². The Morgan fingerprint density at radius 2 is 2.04 bits per heavy atom. The maximum atomic E-state index is 12.1. The number of ether oxygens (including phenoxy) is 1. The molecule has 1 aliphatic heterocycles. The fourth-order valence-corrected chi connectivity index (χ4v) is 3.69. The fraction of sp³-hybridized carbons (Fsp3) is 0.550. The monoisotopic (exact) mass is 313 g/mol. The van der Waals surface area contributed by atoms with Crippen LogP contribution in [0.5, 0.6) is 0 Å². The van der Waals surface area contributed by atoms with Crippen LogP contribution in [0.3, 0.4) is 0 Å². The lowest BCUT2D eigenvalue weighted by molar-refractivity contribution is -0.0308. The first-order valence-electron chi connectivity index (χ1n) is 8.49. The molecule has 1 spiro atoms. The van der Waals surface area contributed by atoms with Crippen molar-refractivity contribution in [3.05, 3.63) is 41.0 Å². The molecule has 2 aliphatic rings. The van der Waals surface area contributed by atoms with Crippen molar-refractivity contribution in [3.8, 4) is 0 Å². The molecule has 0 radical (unpaired) electrons. The minimum Gasteiger partial charge on any atom is -0.444 e. The van der Waals surface area contributed by atoms with E-state index >= 15 is 0 Å². The molecule has 1 aromatic rings. The van der Waals surface area contributed by atoms with E-state index in [2.05, 4.69) is 37.3 Å². The van der Waals surface area contributed by atoms with Gasteiger partial charge in [0, 0.05) is 18.5 Å². The molecule has 3 rings (SSSR count). The van der Waals surface area contributed by atoms with Gasteiger partial charge in [-0.15, -0.1) is 0 Å². The highest BCUT2D eigenvalue weighted by atomic mass is 16.6. The molecule has 0 atom stereocenters. The van der Waals surface area contributed by atoms with Crippen molar-refractivity contribution in [3.63, 3.8) is 0 Å². The Balaban J connectivity index is 1.58. The number of amides is 1. The maximum Gasteiger partial charge on any atom is 0.410 e. The Hall–Kier alpha value is -1.77. The zero-order chi connectivity index (χ0) is 16.7. The smallest absolute Gasteiger partial charge is 0.410 e. The van der Waals surface area contributed by atoms with Gasteiger partial charge in [0.2, 0.25) is 0 Å². The van der Waals surface area contributed by atoms with Crippen LogP contribution in [0.15, 0.2) is 29.8 Å². The average molecular weight is 313 g/mol. The summed E-state index contributed by atoms with van der Waals surface area (Å²) in [5.41, 5.74) is 3.99. The van der Waals surface area contributed by atoms with Gasteiger partial charge < -0.3 is 9.64 Å². The maximum absolute atomic E-state index is 12.1. The molecule has 1 amide bonds. The molecule has 0 unspecified atom stereocenters. The normalized spacial score (nSPS) is 21.6. The van der Waals surface area contributed by atoms with Crippen LogP contribution in [0.1, 0.15) is 51.2 Å². The molecule has 1 saturated heterocycles. The molecule has 1 saturated carbocycles. The van der Waals surface area contributed by atoms with Gasteiger partial charge in [0.1, 0.15) is 5.60 Å². The van der Waals surface area contributed by atoms with Crippen molar-refractivity contribution >= 4 is 12.2 Å². The van der Waals surface area contributed by atoms with Crippen molar-refractivity contribution in [2.75, 3.05) is 13.1 Å². The molecule has 0 aromatic heterocycles. The van der Waals surface area contributed by atoms with E-state index in [0.29, 0.717) is 5.41 Å². The molecule has 23 heavy (non-hydrogen) atoms. The number of nitrogens with zero attached hydrogens (tertiary/aromatic N) is 1. The van der Waals surface area contributed by atoms with Gasteiger partial charge in [-0.2, -0.15) is 0 Å². The third-order valence-corrected chi connectivity index (χ3v) is 4.70. The van der Waals surface area contributed by atoms with Crippen LogP contribution < -0.4 is 0 Å². The minimum atomic E-state index is -0.411. The van der Waals surface area contributed by atoms with Crippen LogP contribution in [0.4, 0.5) is 4.79 Å². The Bertz CT molecular complexity index is 633. The first-order valence-corrected chi connectivity index (χ1v) is 8.49. The third kappa shape index (κ3) is 3.77. The van der Waals surface area contributed by atoms with Crippen LogP contribution in [0, 0.1) is 12.3 Å². The van der Waals surface area contributed by atoms with E-state index in [1.54, 1.807) is 0 Å². The quantitative estimate of drug-likeness (QED) is 0.745. The fourth-order valence-electron chi connectivity index (χ4n) is 3.69. The highest BCUT2D eigenvalue weighted by Crippen LogP contribution is 2.48. The van der Waals surface area contributed by atoms with Crippen molar-refractivity contribution in [2.45, 2.75) is 52.6 Å². The predicted octanol–water partition coefficient (Wildman–Crippen LogP) is 4.80. The van der Waals surface area contributed by atoms with E-state index in [9.17, 15) is 4.79 Å². The van der Waals surface area contributed by atoms with E-state index in [1.165, 1.54) is 23.1 Å². The summed E-state index contributed by atoms with van der Waals surface area (Å²) in [6, 6.07) is 8.63. The van der Waals surface area contributed by atoms with Gasteiger partial charge in [-0.05, 0) is 52.5 Å². The second-order valence-corrected chi connectivity index (χ2v) is 8.23. The molecule has 3 heteroatoms. The molecule has 0 bridgehead atoms. The SMILES string of the molecule is Cc1cccc(C=C2CCC3(C2)CN(C(=O)OC(C)(C)C)C3)c1. The van der Waals surface area contributed by atoms with Crippen molar-refractivity contribution in [1.82, 2.24) is 4.90 Å². The first kappa shape index (κ1) is 16.1. The summed E-state index contributed by atoms with van der Waals surface area (Å²) in [6.45, 7) is 9.55. The van der Waals surface area contributed by atoms with Crippen LogP contribution in [0.2, 0.25) is 0 Å². The zero-order valence-corrected chi connectivity index (χ0v) is 14.7. The largest absolute Gasteiger partial charge is 0.444 e. The van der Waals surface area contributed by atoms with Gasteiger partial charge in [-0.1, -0.05) is 41.5 Å². The van der Waals surface area contributed by atoms with Gasteiger partial charge in [-0.3, -0.25) is 0 Å². The van der Waals surface area contributed by atoms with E-state index in [0.717, 1.165) is 25.9 Å². The Kier molecular flexibility index (Phi) is 3.99. The lowest BCUT2D eigenvalue weighted by Gasteiger charge is -2.47. The van der Waals surface area contributed by atoms with E-state index in [1.807, 2.05) is 25.7 Å². The number of allylic oxidation sites excluding steroid dienone is 1. The van der Waals surface area contributed by atoms with Gasteiger partial charge in [0.15, 0.2) is 0 Å². The van der Waals surface area contributed by atoms with Crippen molar-refractivity contribution in [2.24, 2.45) is 5.41 Å². The molecule has 0 N–H and O–H groups in total. The number of rotatable bonds is 1. The standard InChI is InChI=1S/C20H27NO2/c1-15-6-5-7-16(10-15)11-17-8-9-20(12-17)13-21(14-20)18(22)23-19(2,3)4/h5-7,10-11H,8-9,12-14H2,1-4H3. The zero-order valence-electron chi connectivity index (χ0n) is 14.7. The number of likely N-dealkylation sites (tertiary alicyclic amines) is 1. The van der Waals surface area contributed by atoms with E-state index in [4.69, 9.17) is 4.74 Å². The van der Waals surface area contributed by atoms with Gasteiger partial charge in [-0.25, -0.2) is 4.79 Å². The molecule has 124 valence electrons. The predicted molar refractivity (Wildman–Crippen MR) is 93.2 cm³/mol. The lowest BCUT2D eigenvalue weighted by atomic mass is 9.78. The Morgan fingerprint density at radius 1 is 1.30 bits per heavy atom. The summed E-state index contributed by atoms with van der Waals surface area (Å²) in [4.78, 5) is 13.9. The molecular weight excluding hydrogens is 286 g/mol. The Morgan fingerprint density at radius 3 is 2.70 bits per heavy atom. The molecule has 1 aliphatic carbocycles. The summed E-state index contributed by atoms with van der Waals surface area (Å²) in [7, 11) is 0. The van der Waals surface area contributed by atoms with E-state index in [-0.39, 0.29) is 6.09 Å². The first-order chi connectivity index (χ1) is 10.7. The summed E-state index contributed by atoms with van der Waals surface area (Å²) in [6.07, 6.45) is 5.61. The second kappa shape index (κ2) is 5.70. The van der Waals surface area contributed by atoms with Crippen LogP contribution in [-0.2, 0) is 4.74 Å². The van der Waals surface area contributed by atoms with Gasteiger partial charge >= 0.3 is 6.09 Å². The average Bonchev–Trinajstić information content (AvgIpc) is 2.79. The molecule has 1 heterocycles. The number of benzene rings is 1. The number of carbonyl (C=O) groups excluding carboxylic acids is 1. The number of carbonyl (C=O) groups is 1. The third-order valence-electron chi connectivity index (χ3n) is 4.70. The number of aryl methyl sites for hydroxylation is 1. The second-order valence-electron chi connectivity index (χ2n) is 8.23.